The van der Waals surface area contributed by atoms with E-state index in [1.54, 1.807) is 12.1 Å². The molecule has 124 valence electrons. The number of thiazole rings is 1. The lowest BCUT2D eigenvalue weighted by Crippen LogP contribution is -2.16. The normalized spacial score (nSPS) is 10.9. The second-order valence-corrected chi connectivity index (χ2v) is 7.31. The average molecular weight is 381 g/mol. The van der Waals surface area contributed by atoms with Crippen molar-refractivity contribution in [3.8, 4) is 0 Å². The number of fused-ring (bicyclic) bond motifs is 1. The second-order valence-electron chi connectivity index (χ2n) is 4.98. The third-order valence-corrected chi connectivity index (χ3v) is 5.36. The lowest BCUT2D eigenvalue weighted by atomic mass is 10.4. The van der Waals surface area contributed by atoms with Crippen LogP contribution in [0.1, 0.15) is 11.4 Å². The maximum atomic E-state index is 12.0. The first kappa shape index (κ1) is 17.0. The molecular weight excluding hydrogens is 368 g/mol. The van der Waals surface area contributed by atoms with Gasteiger partial charge in [-0.15, -0.1) is 23.1 Å². The lowest BCUT2D eigenvalue weighted by Gasteiger charge is -2.05. The first-order chi connectivity index (χ1) is 11.5. The zero-order chi connectivity index (χ0) is 17.1. The summed E-state index contributed by atoms with van der Waals surface area (Å²) in [6.45, 7) is 1.84. The first-order valence-electron chi connectivity index (χ1n) is 7.04. The van der Waals surface area contributed by atoms with E-state index in [4.69, 9.17) is 16.3 Å². The Balaban J connectivity index is 1.58. The molecule has 0 bridgehead atoms. The molecule has 0 aliphatic rings. The van der Waals surface area contributed by atoms with Crippen LogP contribution in [-0.2, 0) is 16.1 Å². The third kappa shape index (κ3) is 3.98. The largest absolute Gasteiger partial charge is 0.459 e. The van der Waals surface area contributed by atoms with Crippen LogP contribution in [0.3, 0.4) is 0 Å². The summed E-state index contributed by atoms with van der Waals surface area (Å²) in [7, 11) is 0. The molecule has 0 aliphatic heterocycles. The number of carbonyl (C=O) groups excluding carboxylic acids is 1. The van der Waals surface area contributed by atoms with Gasteiger partial charge in [0, 0.05) is 27.1 Å². The van der Waals surface area contributed by atoms with Crippen LogP contribution >= 0.6 is 34.7 Å². The summed E-state index contributed by atoms with van der Waals surface area (Å²) in [6, 6.07) is 8.62. The molecule has 0 saturated carbocycles. The molecule has 2 aromatic heterocycles. The van der Waals surface area contributed by atoms with E-state index < -0.39 is 0 Å². The van der Waals surface area contributed by atoms with Crippen molar-refractivity contribution in [3.63, 3.8) is 0 Å². The fraction of sp³-hybridized carbons (Fsp3) is 0.188. The van der Waals surface area contributed by atoms with Gasteiger partial charge < -0.3 is 4.74 Å². The zero-order valence-corrected chi connectivity index (χ0v) is 15.1. The Hall–Kier alpha value is -1.83. The van der Waals surface area contributed by atoms with Gasteiger partial charge in [0.25, 0.3) is 5.56 Å². The van der Waals surface area contributed by atoms with Gasteiger partial charge in [-0.3, -0.25) is 14.0 Å². The van der Waals surface area contributed by atoms with Gasteiger partial charge in [0.2, 0.25) is 0 Å². The summed E-state index contributed by atoms with van der Waals surface area (Å²) in [4.78, 5) is 29.7. The van der Waals surface area contributed by atoms with Gasteiger partial charge in [-0.1, -0.05) is 11.6 Å². The van der Waals surface area contributed by atoms with Gasteiger partial charge in [-0.25, -0.2) is 4.98 Å². The highest BCUT2D eigenvalue weighted by atomic mass is 35.5. The molecule has 24 heavy (non-hydrogen) atoms. The molecule has 0 fully saturated rings. The van der Waals surface area contributed by atoms with Crippen LogP contribution in [0.5, 0.6) is 0 Å². The Morgan fingerprint density at radius 3 is 2.88 bits per heavy atom. The molecule has 0 amide bonds. The van der Waals surface area contributed by atoms with E-state index in [0.29, 0.717) is 15.7 Å². The van der Waals surface area contributed by atoms with Gasteiger partial charge in [-0.05, 0) is 31.2 Å². The number of ether oxygens (including phenoxy) is 1. The van der Waals surface area contributed by atoms with Crippen molar-refractivity contribution in [3.05, 3.63) is 62.5 Å². The Bertz CT molecular complexity index is 935. The molecule has 5 nitrogen and oxygen atoms in total. The smallest absolute Gasteiger partial charge is 0.316 e. The van der Waals surface area contributed by atoms with E-state index in [1.165, 1.54) is 33.6 Å². The summed E-state index contributed by atoms with van der Waals surface area (Å²) >= 11 is 8.56. The Morgan fingerprint density at radius 1 is 1.38 bits per heavy atom. The number of carbonyl (C=O) groups is 1. The SMILES string of the molecule is Cc1csc2nc(COC(=O)CSc3ccc(Cl)cc3)cc(=O)n12. The summed E-state index contributed by atoms with van der Waals surface area (Å²) < 4.78 is 6.73. The lowest BCUT2D eigenvalue weighted by molar-refractivity contribution is -0.141. The minimum absolute atomic E-state index is 0.0112. The summed E-state index contributed by atoms with van der Waals surface area (Å²) in [5.74, 6) is -0.180. The Kier molecular flexibility index (Phi) is 5.23. The maximum Gasteiger partial charge on any atom is 0.316 e. The monoisotopic (exact) mass is 380 g/mol. The molecule has 1 aromatic carbocycles. The fourth-order valence-electron chi connectivity index (χ4n) is 2.04. The van der Waals surface area contributed by atoms with Crippen molar-refractivity contribution >= 4 is 45.6 Å². The van der Waals surface area contributed by atoms with Gasteiger partial charge in [0.15, 0.2) is 4.96 Å². The number of aryl methyl sites for hydroxylation is 1. The molecule has 0 spiro atoms. The van der Waals surface area contributed by atoms with Gasteiger partial charge in [0.1, 0.15) is 6.61 Å². The molecule has 0 N–H and O–H groups in total. The number of halogens is 1. The van der Waals surface area contributed by atoms with Crippen LogP contribution in [0, 0.1) is 6.92 Å². The van der Waals surface area contributed by atoms with Crippen molar-refractivity contribution in [2.24, 2.45) is 0 Å². The van der Waals surface area contributed by atoms with Crippen LogP contribution in [0.25, 0.3) is 4.96 Å². The second kappa shape index (κ2) is 7.38. The van der Waals surface area contributed by atoms with Crippen molar-refractivity contribution in [2.45, 2.75) is 18.4 Å². The molecule has 3 rings (SSSR count). The van der Waals surface area contributed by atoms with E-state index in [2.05, 4.69) is 4.98 Å². The van der Waals surface area contributed by atoms with Gasteiger partial charge in [-0.2, -0.15) is 0 Å². The number of rotatable bonds is 5. The van der Waals surface area contributed by atoms with E-state index in [-0.39, 0.29) is 23.9 Å². The number of nitrogens with zero attached hydrogens (tertiary/aromatic N) is 2. The predicted octanol–water partition coefficient (Wildman–Crippen LogP) is 3.55. The number of hydrogen-bond acceptors (Lipinski definition) is 6. The highest BCUT2D eigenvalue weighted by Gasteiger charge is 2.09. The average Bonchev–Trinajstić information content (AvgIpc) is 2.94. The van der Waals surface area contributed by atoms with Crippen LogP contribution in [0.15, 0.2) is 45.4 Å². The van der Waals surface area contributed by atoms with Crippen molar-refractivity contribution in [2.75, 3.05) is 5.75 Å². The highest BCUT2D eigenvalue weighted by molar-refractivity contribution is 8.00. The third-order valence-electron chi connectivity index (χ3n) is 3.18. The number of esters is 1. The predicted molar refractivity (Wildman–Crippen MR) is 96.0 cm³/mol. The summed E-state index contributed by atoms with van der Waals surface area (Å²) in [5.41, 5.74) is 1.13. The number of benzene rings is 1. The molecule has 0 saturated heterocycles. The van der Waals surface area contributed by atoms with Crippen LogP contribution in [0.4, 0.5) is 0 Å². The molecule has 0 aliphatic carbocycles. The maximum absolute atomic E-state index is 12.0. The topological polar surface area (TPSA) is 60.7 Å². The molecule has 0 radical (unpaired) electrons. The van der Waals surface area contributed by atoms with Crippen molar-refractivity contribution < 1.29 is 9.53 Å². The highest BCUT2D eigenvalue weighted by Crippen LogP contribution is 2.20. The minimum atomic E-state index is -0.362. The molecule has 3 aromatic rings. The zero-order valence-electron chi connectivity index (χ0n) is 12.7. The Labute approximate surface area is 151 Å². The first-order valence-corrected chi connectivity index (χ1v) is 9.28. The van der Waals surface area contributed by atoms with Gasteiger partial charge >= 0.3 is 5.97 Å². The van der Waals surface area contributed by atoms with E-state index in [0.717, 1.165) is 10.6 Å². The number of aromatic nitrogens is 2. The minimum Gasteiger partial charge on any atom is -0.459 e. The van der Waals surface area contributed by atoms with E-state index in [9.17, 15) is 9.59 Å². The van der Waals surface area contributed by atoms with Crippen molar-refractivity contribution in [1.82, 2.24) is 9.38 Å². The van der Waals surface area contributed by atoms with Crippen LogP contribution < -0.4 is 5.56 Å². The fourth-order valence-corrected chi connectivity index (χ4v) is 3.76. The molecule has 2 heterocycles. The number of thioether (sulfide) groups is 1. The molecule has 0 atom stereocenters. The number of hydrogen-bond donors (Lipinski definition) is 0. The van der Waals surface area contributed by atoms with Crippen LogP contribution in [-0.4, -0.2) is 21.1 Å². The van der Waals surface area contributed by atoms with Crippen molar-refractivity contribution in [1.29, 1.82) is 0 Å². The standard InChI is InChI=1S/C16H13ClN2O3S2/c1-10-8-24-16-18-12(6-14(20)19(10)16)7-22-15(21)9-23-13-4-2-11(17)3-5-13/h2-6,8H,7,9H2,1H3. The molecule has 8 heteroatoms. The van der Waals surface area contributed by atoms with Crippen LogP contribution in [0.2, 0.25) is 5.02 Å². The van der Waals surface area contributed by atoms with E-state index in [1.807, 2.05) is 24.4 Å². The Morgan fingerprint density at radius 2 is 2.12 bits per heavy atom. The molecule has 0 unspecified atom stereocenters. The molecular formula is C16H13ClN2O3S2. The quantitative estimate of drug-likeness (QED) is 0.500. The summed E-state index contributed by atoms with van der Waals surface area (Å²) in [6.07, 6.45) is 0. The van der Waals surface area contributed by atoms with Gasteiger partial charge in [0.05, 0.1) is 11.4 Å². The summed E-state index contributed by atoms with van der Waals surface area (Å²) in [5, 5.41) is 2.51. The van der Waals surface area contributed by atoms with E-state index >= 15 is 0 Å².